The molecule has 0 aliphatic rings. The van der Waals surface area contributed by atoms with Crippen molar-refractivity contribution in [3.63, 3.8) is 0 Å². The minimum atomic E-state index is -0.688. The first-order valence-electron chi connectivity index (χ1n) is 5.00. The first-order valence-corrected chi connectivity index (χ1v) is 5.38. The molecule has 0 aromatic carbocycles. The zero-order valence-electron chi connectivity index (χ0n) is 9.86. The Bertz CT molecular complexity index is 423. The maximum absolute atomic E-state index is 11.5. The van der Waals surface area contributed by atoms with Gasteiger partial charge in [0.1, 0.15) is 0 Å². The molecule has 0 spiro atoms. The van der Waals surface area contributed by atoms with E-state index in [4.69, 9.17) is 16.3 Å². The molecule has 0 radical (unpaired) electrons. The van der Waals surface area contributed by atoms with Crippen LogP contribution in [0.15, 0.2) is 12.1 Å². The van der Waals surface area contributed by atoms with E-state index in [2.05, 4.69) is 10.2 Å². The van der Waals surface area contributed by atoms with E-state index < -0.39 is 11.4 Å². The summed E-state index contributed by atoms with van der Waals surface area (Å²) < 4.78 is 4.82. The Morgan fingerprint density at radius 2 is 1.94 bits per heavy atom. The Morgan fingerprint density at radius 3 is 2.41 bits per heavy atom. The van der Waals surface area contributed by atoms with Gasteiger partial charge in [-0.05, 0) is 12.1 Å². The molecule has 0 aliphatic heterocycles. The molecule has 6 heteroatoms. The average Bonchev–Trinajstić information content (AvgIpc) is 2.25. The molecule has 0 bridgehead atoms. The molecule has 92 valence electrons. The van der Waals surface area contributed by atoms with Crippen molar-refractivity contribution in [2.24, 2.45) is 5.41 Å². The van der Waals surface area contributed by atoms with Crippen LogP contribution in [0, 0.1) is 5.41 Å². The van der Waals surface area contributed by atoms with Crippen molar-refractivity contribution < 1.29 is 14.3 Å². The molecule has 0 saturated heterocycles. The monoisotopic (exact) mass is 256 g/mol. The number of halogens is 1. The molecule has 0 aliphatic carbocycles. The van der Waals surface area contributed by atoms with Crippen molar-refractivity contribution in [3.8, 4) is 0 Å². The minimum absolute atomic E-state index is 0.0242. The molecular weight excluding hydrogens is 244 g/mol. The number of hydrogen-bond acceptors (Lipinski definition) is 5. The average molecular weight is 257 g/mol. The number of carbonyl (C=O) groups is 2. The summed E-state index contributed by atoms with van der Waals surface area (Å²) >= 11 is 5.52. The van der Waals surface area contributed by atoms with Crippen LogP contribution in [0.1, 0.15) is 31.3 Å². The Labute approximate surface area is 104 Å². The Hall–Kier alpha value is -1.49. The lowest BCUT2D eigenvalue weighted by molar-refractivity contribution is -0.129. The number of esters is 1. The van der Waals surface area contributed by atoms with Crippen LogP contribution in [0.3, 0.4) is 0 Å². The predicted molar refractivity (Wildman–Crippen MR) is 61.8 cm³/mol. The van der Waals surface area contributed by atoms with Gasteiger partial charge < -0.3 is 4.74 Å². The standard InChI is InChI=1S/C11H13ClN2O3/c1-11(2,3)8(15)6-17-10(16)7-4-5-9(12)14-13-7/h4-5H,6H2,1-3H3. The van der Waals surface area contributed by atoms with E-state index in [9.17, 15) is 9.59 Å². The van der Waals surface area contributed by atoms with Crippen LogP contribution >= 0.6 is 11.6 Å². The fraction of sp³-hybridized carbons (Fsp3) is 0.455. The van der Waals surface area contributed by atoms with Gasteiger partial charge in [-0.2, -0.15) is 0 Å². The summed E-state index contributed by atoms with van der Waals surface area (Å²) in [6.45, 7) is 4.99. The molecule has 0 fully saturated rings. The van der Waals surface area contributed by atoms with Crippen molar-refractivity contribution in [2.45, 2.75) is 20.8 Å². The van der Waals surface area contributed by atoms with Crippen LogP contribution in [0.5, 0.6) is 0 Å². The SMILES string of the molecule is CC(C)(C)C(=O)COC(=O)c1ccc(Cl)nn1. The summed E-state index contributed by atoms with van der Waals surface area (Å²) in [6.07, 6.45) is 0. The number of rotatable bonds is 3. The lowest BCUT2D eigenvalue weighted by Gasteiger charge is -2.15. The summed E-state index contributed by atoms with van der Waals surface area (Å²) in [5.74, 6) is -0.848. The van der Waals surface area contributed by atoms with Gasteiger partial charge >= 0.3 is 5.97 Å². The molecule has 5 nitrogen and oxygen atoms in total. The molecule has 1 aromatic heterocycles. The van der Waals surface area contributed by atoms with E-state index in [0.29, 0.717) is 0 Å². The molecule has 1 aromatic rings. The van der Waals surface area contributed by atoms with Crippen LogP contribution in [-0.4, -0.2) is 28.6 Å². The molecular formula is C11H13ClN2O3. The number of carbonyl (C=O) groups excluding carboxylic acids is 2. The summed E-state index contributed by atoms with van der Waals surface area (Å²) in [5, 5.41) is 7.24. The molecule has 1 rings (SSSR count). The number of ketones is 1. The lowest BCUT2D eigenvalue weighted by Crippen LogP contribution is -2.26. The van der Waals surface area contributed by atoms with Gasteiger partial charge in [-0.15, -0.1) is 10.2 Å². The lowest BCUT2D eigenvalue weighted by atomic mass is 9.91. The van der Waals surface area contributed by atoms with Crippen LogP contribution < -0.4 is 0 Å². The van der Waals surface area contributed by atoms with Crippen molar-refractivity contribution in [1.29, 1.82) is 0 Å². The highest BCUT2D eigenvalue weighted by atomic mass is 35.5. The zero-order chi connectivity index (χ0) is 13.1. The smallest absolute Gasteiger partial charge is 0.359 e. The van der Waals surface area contributed by atoms with Crippen LogP contribution in [0.25, 0.3) is 0 Å². The van der Waals surface area contributed by atoms with E-state index in [0.717, 1.165) is 0 Å². The van der Waals surface area contributed by atoms with E-state index in [1.165, 1.54) is 12.1 Å². The molecule has 0 atom stereocenters. The second-order valence-corrected chi connectivity index (χ2v) is 4.88. The number of Topliss-reactive ketones (excluding diaryl/α,β-unsaturated/α-hetero) is 1. The second kappa shape index (κ2) is 5.23. The van der Waals surface area contributed by atoms with Gasteiger partial charge in [0.15, 0.2) is 23.2 Å². The van der Waals surface area contributed by atoms with Gasteiger partial charge in [0.25, 0.3) is 0 Å². The van der Waals surface area contributed by atoms with Crippen LogP contribution in [0.2, 0.25) is 5.15 Å². The van der Waals surface area contributed by atoms with E-state index >= 15 is 0 Å². The highest BCUT2D eigenvalue weighted by Gasteiger charge is 2.23. The molecule has 0 saturated carbocycles. The predicted octanol–water partition coefficient (Wildman–Crippen LogP) is 1.90. The Morgan fingerprint density at radius 1 is 1.29 bits per heavy atom. The highest BCUT2D eigenvalue weighted by Crippen LogP contribution is 2.14. The number of hydrogen-bond donors (Lipinski definition) is 0. The molecule has 1 heterocycles. The van der Waals surface area contributed by atoms with Gasteiger partial charge in [0.05, 0.1) is 0 Å². The number of ether oxygens (including phenoxy) is 1. The molecule has 0 N–H and O–H groups in total. The van der Waals surface area contributed by atoms with Gasteiger partial charge in [-0.25, -0.2) is 4.79 Å². The minimum Gasteiger partial charge on any atom is -0.453 e. The van der Waals surface area contributed by atoms with Crippen molar-refractivity contribution in [2.75, 3.05) is 6.61 Å². The first kappa shape index (κ1) is 13.6. The maximum Gasteiger partial charge on any atom is 0.359 e. The van der Waals surface area contributed by atoms with E-state index in [1.807, 2.05) is 0 Å². The summed E-state index contributed by atoms with van der Waals surface area (Å²) in [6, 6.07) is 2.82. The van der Waals surface area contributed by atoms with Crippen molar-refractivity contribution in [3.05, 3.63) is 23.0 Å². The quantitative estimate of drug-likeness (QED) is 0.773. The topological polar surface area (TPSA) is 69.2 Å². The second-order valence-electron chi connectivity index (χ2n) is 4.49. The fourth-order valence-corrected chi connectivity index (χ4v) is 0.947. The van der Waals surface area contributed by atoms with Gasteiger partial charge in [0.2, 0.25) is 0 Å². The Balaban J connectivity index is 2.56. The molecule has 0 amide bonds. The first-order chi connectivity index (χ1) is 7.80. The van der Waals surface area contributed by atoms with Crippen molar-refractivity contribution in [1.82, 2.24) is 10.2 Å². The third-order valence-electron chi connectivity index (χ3n) is 2.01. The van der Waals surface area contributed by atoms with Crippen LogP contribution in [0.4, 0.5) is 0 Å². The Kier molecular flexibility index (Phi) is 4.17. The molecule has 0 unspecified atom stereocenters. The fourth-order valence-electron chi connectivity index (χ4n) is 0.846. The number of aromatic nitrogens is 2. The summed E-state index contributed by atoms with van der Waals surface area (Å²) in [4.78, 5) is 23.0. The summed E-state index contributed by atoms with van der Waals surface area (Å²) in [7, 11) is 0. The van der Waals surface area contributed by atoms with Gasteiger partial charge in [0, 0.05) is 5.41 Å². The summed E-state index contributed by atoms with van der Waals surface area (Å²) in [5.41, 5.74) is -0.512. The largest absolute Gasteiger partial charge is 0.453 e. The number of nitrogens with zero attached hydrogens (tertiary/aromatic N) is 2. The van der Waals surface area contributed by atoms with Gasteiger partial charge in [-0.1, -0.05) is 32.4 Å². The maximum atomic E-state index is 11.5. The van der Waals surface area contributed by atoms with Crippen molar-refractivity contribution >= 4 is 23.4 Å². The normalized spacial score (nSPS) is 11.1. The van der Waals surface area contributed by atoms with Crippen LogP contribution in [-0.2, 0) is 9.53 Å². The van der Waals surface area contributed by atoms with Gasteiger partial charge in [-0.3, -0.25) is 4.79 Å². The molecule has 17 heavy (non-hydrogen) atoms. The third kappa shape index (κ3) is 4.11. The third-order valence-corrected chi connectivity index (χ3v) is 2.21. The van der Waals surface area contributed by atoms with E-state index in [-0.39, 0.29) is 23.2 Å². The highest BCUT2D eigenvalue weighted by molar-refractivity contribution is 6.29. The van der Waals surface area contributed by atoms with E-state index in [1.54, 1.807) is 20.8 Å². The zero-order valence-corrected chi connectivity index (χ0v) is 10.6.